The molecule has 0 saturated carbocycles. The molecule has 0 aliphatic heterocycles. The van der Waals surface area contributed by atoms with Crippen LogP contribution in [-0.4, -0.2) is 62.2 Å². The van der Waals surface area contributed by atoms with Crippen LogP contribution in [0.4, 0.5) is 0 Å². The fraction of sp³-hybridized carbons (Fsp3) is 0.481. The van der Waals surface area contributed by atoms with Gasteiger partial charge in [-0.2, -0.15) is 0 Å². The van der Waals surface area contributed by atoms with E-state index in [4.69, 9.17) is 0 Å². The Hall–Kier alpha value is -2.71. The molecule has 0 spiro atoms. The van der Waals surface area contributed by atoms with E-state index in [2.05, 4.69) is 5.32 Å². The highest BCUT2D eigenvalue weighted by atomic mass is 32.2. The molecule has 0 bridgehead atoms. The van der Waals surface area contributed by atoms with Crippen LogP contribution in [0.3, 0.4) is 0 Å². The zero-order chi connectivity index (χ0) is 25.8. The molecule has 0 aliphatic rings. The van der Waals surface area contributed by atoms with E-state index < -0.39 is 16.1 Å². The van der Waals surface area contributed by atoms with Crippen molar-refractivity contribution in [2.24, 2.45) is 5.92 Å². The van der Waals surface area contributed by atoms with Crippen molar-refractivity contribution in [3.05, 3.63) is 66.2 Å². The van der Waals surface area contributed by atoms with E-state index in [0.29, 0.717) is 38.3 Å². The third kappa shape index (κ3) is 8.78. The molecule has 2 amide bonds. The Morgan fingerprint density at radius 3 is 2.11 bits per heavy atom. The van der Waals surface area contributed by atoms with Crippen LogP contribution in [0, 0.1) is 5.92 Å². The summed E-state index contributed by atoms with van der Waals surface area (Å²) in [7, 11) is -2.09. The number of carbonyl (C=O) groups is 2. The SMILES string of the molecule is CCC(C(=O)NCC(C)C)N(CCc1ccccc1)C(=O)CCCN(C)S(=O)(=O)c1ccccc1. The summed E-state index contributed by atoms with van der Waals surface area (Å²) >= 11 is 0. The van der Waals surface area contributed by atoms with Gasteiger partial charge in [0.1, 0.15) is 6.04 Å². The molecule has 1 unspecified atom stereocenters. The summed E-state index contributed by atoms with van der Waals surface area (Å²) in [5.41, 5.74) is 1.09. The fourth-order valence-corrected chi connectivity index (χ4v) is 5.04. The number of rotatable bonds is 14. The standard InChI is InChI=1S/C27H39N3O4S/c1-5-25(27(32)28-21-22(2)3)30(20-18-23-13-8-6-9-14-23)26(31)17-12-19-29(4)35(33,34)24-15-10-7-11-16-24/h6-11,13-16,22,25H,5,12,17-21H2,1-4H3,(H,28,32). The Morgan fingerprint density at radius 1 is 0.943 bits per heavy atom. The Labute approximate surface area is 210 Å². The largest absolute Gasteiger partial charge is 0.354 e. The molecule has 0 heterocycles. The summed E-state index contributed by atoms with van der Waals surface area (Å²) in [5, 5.41) is 2.96. The van der Waals surface area contributed by atoms with Gasteiger partial charge in [-0.15, -0.1) is 0 Å². The molecule has 35 heavy (non-hydrogen) atoms. The molecule has 0 aromatic heterocycles. The number of sulfonamides is 1. The highest BCUT2D eigenvalue weighted by molar-refractivity contribution is 7.89. The Balaban J connectivity index is 2.06. The average molecular weight is 502 g/mol. The molecule has 2 rings (SSSR count). The Bertz CT molecular complexity index is 1030. The van der Waals surface area contributed by atoms with E-state index in [1.807, 2.05) is 51.1 Å². The molecule has 0 radical (unpaired) electrons. The summed E-state index contributed by atoms with van der Waals surface area (Å²) in [6.07, 6.45) is 1.68. The van der Waals surface area contributed by atoms with E-state index in [1.54, 1.807) is 35.2 Å². The first-order chi connectivity index (χ1) is 16.7. The lowest BCUT2D eigenvalue weighted by atomic mass is 10.1. The summed E-state index contributed by atoms with van der Waals surface area (Å²) in [4.78, 5) is 28.1. The quantitative estimate of drug-likeness (QED) is 0.428. The number of carbonyl (C=O) groups excluding carboxylic acids is 2. The van der Waals surface area contributed by atoms with Gasteiger partial charge in [-0.3, -0.25) is 9.59 Å². The van der Waals surface area contributed by atoms with Crippen LogP contribution in [0.1, 0.15) is 45.6 Å². The number of benzene rings is 2. The van der Waals surface area contributed by atoms with Gasteiger partial charge in [0.15, 0.2) is 0 Å². The number of nitrogens with zero attached hydrogens (tertiary/aromatic N) is 2. The zero-order valence-electron chi connectivity index (χ0n) is 21.3. The lowest BCUT2D eigenvalue weighted by Crippen LogP contribution is -2.50. The molecule has 0 saturated heterocycles. The Morgan fingerprint density at radius 2 is 1.54 bits per heavy atom. The average Bonchev–Trinajstić information content (AvgIpc) is 2.86. The predicted octanol–water partition coefficient (Wildman–Crippen LogP) is 3.71. The molecule has 1 atom stereocenters. The summed E-state index contributed by atoms with van der Waals surface area (Å²) in [5.74, 6) is 0.0244. The smallest absolute Gasteiger partial charge is 0.242 e. The number of nitrogens with one attached hydrogen (secondary N) is 1. The van der Waals surface area contributed by atoms with Gasteiger partial charge in [0.25, 0.3) is 0 Å². The maximum Gasteiger partial charge on any atom is 0.242 e. The first kappa shape index (κ1) is 28.5. The van der Waals surface area contributed by atoms with Crippen LogP contribution in [0.15, 0.2) is 65.6 Å². The van der Waals surface area contributed by atoms with Crippen molar-refractivity contribution in [3.63, 3.8) is 0 Å². The van der Waals surface area contributed by atoms with E-state index >= 15 is 0 Å². The van der Waals surface area contributed by atoms with Crippen molar-refractivity contribution >= 4 is 21.8 Å². The van der Waals surface area contributed by atoms with Crippen molar-refractivity contribution in [2.45, 2.75) is 57.4 Å². The minimum atomic E-state index is -3.61. The van der Waals surface area contributed by atoms with Gasteiger partial charge in [0.2, 0.25) is 21.8 Å². The van der Waals surface area contributed by atoms with Gasteiger partial charge < -0.3 is 10.2 Å². The van der Waals surface area contributed by atoms with E-state index in [9.17, 15) is 18.0 Å². The third-order valence-electron chi connectivity index (χ3n) is 5.87. The lowest BCUT2D eigenvalue weighted by Gasteiger charge is -2.31. The van der Waals surface area contributed by atoms with Crippen LogP contribution in [0.25, 0.3) is 0 Å². The molecule has 2 aromatic carbocycles. The van der Waals surface area contributed by atoms with Crippen molar-refractivity contribution in [1.29, 1.82) is 0 Å². The first-order valence-corrected chi connectivity index (χ1v) is 13.7. The van der Waals surface area contributed by atoms with Crippen LogP contribution < -0.4 is 5.32 Å². The van der Waals surface area contributed by atoms with E-state index in [1.165, 1.54) is 11.4 Å². The fourth-order valence-electron chi connectivity index (χ4n) is 3.81. The van der Waals surface area contributed by atoms with Crippen molar-refractivity contribution in [3.8, 4) is 0 Å². The lowest BCUT2D eigenvalue weighted by molar-refractivity contribution is -0.140. The summed E-state index contributed by atoms with van der Waals surface area (Å²) < 4.78 is 26.8. The number of hydrogen-bond donors (Lipinski definition) is 1. The molecule has 0 aliphatic carbocycles. The summed E-state index contributed by atoms with van der Waals surface area (Å²) in [6.45, 7) is 7.15. The van der Waals surface area contributed by atoms with Gasteiger partial charge in [0.05, 0.1) is 4.90 Å². The van der Waals surface area contributed by atoms with Crippen LogP contribution >= 0.6 is 0 Å². The maximum absolute atomic E-state index is 13.3. The Kier molecular flexibility index (Phi) is 11.4. The second-order valence-corrected chi connectivity index (χ2v) is 11.2. The first-order valence-electron chi connectivity index (χ1n) is 12.3. The number of hydrogen-bond acceptors (Lipinski definition) is 4. The second kappa shape index (κ2) is 14.0. The normalized spacial score (nSPS) is 12.5. The molecular formula is C27H39N3O4S. The van der Waals surface area contributed by atoms with Crippen LogP contribution in [-0.2, 0) is 26.0 Å². The van der Waals surface area contributed by atoms with Gasteiger partial charge in [-0.05, 0) is 42.9 Å². The maximum atomic E-state index is 13.3. The highest BCUT2D eigenvalue weighted by Gasteiger charge is 2.28. The van der Waals surface area contributed by atoms with E-state index in [0.717, 1.165) is 5.56 Å². The van der Waals surface area contributed by atoms with Crippen molar-refractivity contribution < 1.29 is 18.0 Å². The molecule has 192 valence electrons. The summed E-state index contributed by atoms with van der Waals surface area (Å²) in [6, 6.07) is 17.6. The highest BCUT2D eigenvalue weighted by Crippen LogP contribution is 2.16. The van der Waals surface area contributed by atoms with Crippen LogP contribution in [0.5, 0.6) is 0 Å². The monoisotopic (exact) mass is 501 g/mol. The van der Waals surface area contributed by atoms with Crippen LogP contribution in [0.2, 0.25) is 0 Å². The minimum Gasteiger partial charge on any atom is -0.354 e. The van der Waals surface area contributed by atoms with Gasteiger partial charge >= 0.3 is 0 Å². The molecular weight excluding hydrogens is 462 g/mol. The van der Waals surface area contributed by atoms with Crippen molar-refractivity contribution in [1.82, 2.24) is 14.5 Å². The van der Waals surface area contributed by atoms with Gasteiger partial charge in [-0.25, -0.2) is 12.7 Å². The van der Waals surface area contributed by atoms with Crippen molar-refractivity contribution in [2.75, 3.05) is 26.7 Å². The molecule has 1 N–H and O–H groups in total. The predicted molar refractivity (Wildman–Crippen MR) is 139 cm³/mol. The van der Waals surface area contributed by atoms with Gasteiger partial charge in [0, 0.05) is 33.1 Å². The van der Waals surface area contributed by atoms with Gasteiger partial charge in [-0.1, -0.05) is 69.3 Å². The molecule has 0 fully saturated rings. The second-order valence-electron chi connectivity index (χ2n) is 9.13. The molecule has 2 aromatic rings. The molecule has 7 nitrogen and oxygen atoms in total. The zero-order valence-corrected chi connectivity index (χ0v) is 22.1. The minimum absolute atomic E-state index is 0.141. The topological polar surface area (TPSA) is 86.8 Å². The van der Waals surface area contributed by atoms with E-state index in [-0.39, 0.29) is 29.7 Å². The number of amides is 2. The third-order valence-corrected chi connectivity index (χ3v) is 7.74. The molecule has 8 heteroatoms.